The summed E-state index contributed by atoms with van der Waals surface area (Å²) in [7, 11) is 0. The third kappa shape index (κ3) is 4.79. The predicted octanol–water partition coefficient (Wildman–Crippen LogP) is 5.04. The van der Waals surface area contributed by atoms with E-state index in [2.05, 4.69) is 5.32 Å². The van der Waals surface area contributed by atoms with E-state index in [1.165, 1.54) is 6.08 Å². The zero-order valence-corrected chi connectivity index (χ0v) is 13.5. The van der Waals surface area contributed by atoms with Crippen LogP contribution in [0.25, 0.3) is 6.08 Å². The Morgan fingerprint density at radius 2 is 1.86 bits per heavy atom. The summed E-state index contributed by atoms with van der Waals surface area (Å²) >= 11 is 11.8. The normalized spacial score (nSPS) is 10.7. The minimum absolute atomic E-state index is 0.227. The molecule has 0 radical (unpaired) electrons. The maximum atomic E-state index is 11.9. The molecule has 0 fully saturated rings. The van der Waals surface area contributed by atoms with Crippen LogP contribution >= 0.6 is 23.2 Å². The van der Waals surface area contributed by atoms with Gasteiger partial charge in [0, 0.05) is 11.8 Å². The van der Waals surface area contributed by atoms with Crippen LogP contribution in [0.1, 0.15) is 12.5 Å². The average Bonchev–Trinajstić information content (AvgIpc) is 2.51. The second-order valence-electron chi connectivity index (χ2n) is 4.45. The lowest BCUT2D eigenvalue weighted by Gasteiger charge is -2.05. The van der Waals surface area contributed by atoms with Crippen LogP contribution < -0.4 is 10.1 Å². The van der Waals surface area contributed by atoms with E-state index in [1.54, 1.807) is 36.4 Å². The molecular weight excluding hydrogens is 321 g/mol. The number of carbonyl (C=O) groups is 1. The molecule has 1 N–H and O–H groups in total. The van der Waals surface area contributed by atoms with Gasteiger partial charge in [-0.1, -0.05) is 29.3 Å². The average molecular weight is 336 g/mol. The number of rotatable bonds is 5. The van der Waals surface area contributed by atoms with Gasteiger partial charge in [-0.15, -0.1) is 0 Å². The first-order valence-corrected chi connectivity index (χ1v) is 7.51. The molecule has 2 aromatic rings. The number of benzene rings is 2. The van der Waals surface area contributed by atoms with Gasteiger partial charge in [-0.25, -0.2) is 0 Å². The van der Waals surface area contributed by atoms with Crippen molar-refractivity contribution in [2.45, 2.75) is 6.92 Å². The molecule has 5 heteroatoms. The number of halogens is 2. The number of carbonyl (C=O) groups excluding carboxylic acids is 1. The molecule has 2 aromatic carbocycles. The van der Waals surface area contributed by atoms with Crippen LogP contribution in [0.3, 0.4) is 0 Å². The molecule has 1 amide bonds. The summed E-state index contributed by atoms with van der Waals surface area (Å²) in [4.78, 5) is 11.9. The van der Waals surface area contributed by atoms with Crippen molar-refractivity contribution in [3.8, 4) is 5.75 Å². The lowest BCUT2D eigenvalue weighted by molar-refractivity contribution is -0.111. The van der Waals surface area contributed by atoms with Gasteiger partial charge in [-0.05, 0) is 55.0 Å². The highest BCUT2D eigenvalue weighted by Gasteiger charge is 2.00. The van der Waals surface area contributed by atoms with E-state index in [4.69, 9.17) is 27.9 Å². The van der Waals surface area contributed by atoms with Crippen LogP contribution in [-0.2, 0) is 4.79 Å². The van der Waals surface area contributed by atoms with Crippen molar-refractivity contribution in [1.29, 1.82) is 0 Å². The fourth-order valence-electron chi connectivity index (χ4n) is 1.77. The number of hydrogen-bond donors (Lipinski definition) is 1. The second-order valence-corrected chi connectivity index (χ2v) is 5.27. The van der Waals surface area contributed by atoms with Crippen LogP contribution in [0.4, 0.5) is 5.69 Å². The molecule has 0 saturated heterocycles. The molecule has 0 atom stereocenters. The summed E-state index contributed by atoms with van der Waals surface area (Å²) in [5, 5.41) is 3.71. The molecule has 0 aliphatic rings. The molecule has 0 heterocycles. The lowest BCUT2D eigenvalue weighted by atomic mass is 10.2. The minimum atomic E-state index is -0.227. The molecule has 0 unspecified atom stereocenters. The van der Waals surface area contributed by atoms with E-state index >= 15 is 0 Å². The van der Waals surface area contributed by atoms with Gasteiger partial charge in [0.25, 0.3) is 0 Å². The summed E-state index contributed by atoms with van der Waals surface area (Å²) in [6.07, 6.45) is 3.11. The van der Waals surface area contributed by atoms with Gasteiger partial charge in [-0.2, -0.15) is 0 Å². The maximum absolute atomic E-state index is 11.9. The van der Waals surface area contributed by atoms with Crippen molar-refractivity contribution in [1.82, 2.24) is 0 Å². The number of amides is 1. The standard InChI is InChI=1S/C17H15Cl2NO2/c1-2-22-14-7-5-13(6-8-14)20-17(21)10-4-12-3-9-15(18)16(19)11-12/h3-11H,2H2,1H3,(H,20,21)/b10-4+. The summed E-state index contributed by atoms with van der Waals surface area (Å²) in [5.41, 5.74) is 1.50. The minimum Gasteiger partial charge on any atom is -0.494 e. The zero-order valence-electron chi connectivity index (χ0n) is 12.0. The molecule has 0 spiro atoms. The van der Waals surface area contributed by atoms with Gasteiger partial charge in [0.05, 0.1) is 16.7 Å². The number of hydrogen-bond acceptors (Lipinski definition) is 2. The van der Waals surface area contributed by atoms with Gasteiger partial charge in [0.2, 0.25) is 5.91 Å². The lowest BCUT2D eigenvalue weighted by Crippen LogP contribution is -2.07. The molecule has 3 nitrogen and oxygen atoms in total. The first-order chi connectivity index (χ1) is 10.6. The van der Waals surface area contributed by atoms with Crippen molar-refractivity contribution in [2.24, 2.45) is 0 Å². The predicted molar refractivity (Wildman–Crippen MR) is 91.7 cm³/mol. The van der Waals surface area contributed by atoms with E-state index in [1.807, 2.05) is 19.1 Å². The van der Waals surface area contributed by atoms with E-state index in [0.717, 1.165) is 11.3 Å². The quantitative estimate of drug-likeness (QED) is 0.777. The van der Waals surface area contributed by atoms with E-state index in [9.17, 15) is 4.79 Å². The molecule has 0 aliphatic carbocycles. The Balaban J connectivity index is 1.97. The van der Waals surface area contributed by atoms with Gasteiger partial charge in [-0.3, -0.25) is 4.79 Å². The summed E-state index contributed by atoms with van der Waals surface area (Å²) in [5.74, 6) is 0.544. The summed E-state index contributed by atoms with van der Waals surface area (Å²) < 4.78 is 5.34. The molecule has 0 aromatic heterocycles. The van der Waals surface area contributed by atoms with Crippen molar-refractivity contribution < 1.29 is 9.53 Å². The highest BCUT2D eigenvalue weighted by atomic mass is 35.5. The molecule has 0 bridgehead atoms. The van der Waals surface area contributed by atoms with Gasteiger partial charge in [0.1, 0.15) is 5.75 Å². The van der Waals surface area contributed by atoms with E-state index < -0.39 is 0 Å². The van der Waals surface area contributed by atoms with Crippen LogP contribution in [0, 0.1) is 0 Å². The Morgan fingerprint density at radius 1 is 1.14 bits per heavy atom. The molecule has 0 aliphatic heterocycles. The van der Waals surface area contributed by atoms with E-state index in [-0.39, 0.29) is 5.91 Å². The van der Waals surface area contributed by atoms with Crippen molar-refractivity contribution >= 4 is 40.9 Å². The molecule has 0 saturated carbocycles. The topological polar surface area (TPSA) is 38.3 Å². The fraction of sp³-hybridized carbons (Fsp3) is 0.118. The Morgan fingerprint density at radius 3 is 2.50 bits per heavy atom. The summed E-state index contributed by atoms with van der Waals surface area (Å²) in [6.45, 7) is 2.53. The molecule has 22 heavy (non-hydrogen) atoms. The Hall–Kier alpha value is -1.97. The SMILES string of the molecule is CCOc1ccc(NC(=O)/C=C/c2ccc(Cl)c(Cl)c2)cc1. The van der Waals surface area contributed by atoms with E-state index in [0.29, 0.717) is 22.3 Å². The summed E-state index contributed by atoms with van der Waals surface area (Å²) in [6, 6.07) is 12.4. The first-order valence-electron chi connectivity index (χ1n) is 6.75. The monoisotopic (exact) mass is 335 g/mol. The van der Waals surface area contributed by atoms with Crippen LogP contribution in [0.2, 0.25) is 10.0 Å². The maximum Gasteiger partial charge on any atom is 0.248 e. The van der Waals surface area contributed by atoms with Crippen molar-refractivity contribution in [3.05, 3.63) is 64.1 Å². The Labute approximate surface area is 139 Å². The largest absolute Gasteiger partial charge is 0.494 e. The second kappa shape index (κ2) is 7.87. The number of nitrogens with one attached hydrogen (secondary N) is 1. The smallest absolute Gasteiger partial charge is 0.248 e. The first kappa shape index (κ1) is 16.4. The highest BCUT2D eigenvalue weighted by molar-refractivity contribution is 6.42. The molecular formula is C17H15Cl2NO2. The third-order valence-corrected chi connectivity index (χ3v) is 3.54. The zero-order chi connectivity index (χ0) is 15.9. The highest BCUT2D eigenvalue weighted by Crippen LogP contribution is 2.23. The van der Waals surface area contributed by atoms with Gasteiger partial charge >= 0.3 is 0 Å². The van der Waals surface area contributed by atoms with Crippen LogP contribution in [-0.4, -0.2) is 12.5 Å². The third-order valence-electron chi connectivity index (χ3n) is 2.80. The Kier molecular flexibility index (Phi) is 5.87. The molecule has 2 rings (SSSR count). The van der Waals surface area contributed by atoms with Gasteiger partial charge < -0.3 is 10.1 Å². The van der Waals surface area contributed by atoms with Crippen molar-refractivity contribution in [2.75, 3.05) is 11.9 Å². The Bertz CT molecular complexity index is 682. The van der Waals surface area contributed by atoms with Gasteiger partial charge in [0.15, 0.2) is 0 Å². The fourth-order valence-corrected chi connectivity index (χ4v) is 2.08. The number of ether oxygens (including phenoxy) is 1. The molecule has 114 valence electrons. The van der Waals surface area contributed by atoms with Crippen LogP contribution in [0.15, 0.2) is 48.5 Å². The number of anilines is 1. The van der Waals surface area contributed by atoms with Crippen molar-refractivity contribution in [3.63, 3.8) is 0 Å². The van der Waals surface area contributed by atoms with Crippen LogP contribution in [0.5, 0.6) is 5.75 Å².